The minimum Gasteiger partial charge on any atom is -0.466 e. The molecule has 0 aromatic carbocycles. The van der Waals surface area contributed by atoms with E-state index in [2.05, 4.69) is 26.1 Å². The standard InChI is InChI=1S/C13H25NO3/c1-5-17-13(16)7-6-12(15)14-9-11(4)8-10(2)3/h10-11H,5-9H2,1-4H3,(H,14,15). The zero-order valence-corrected chi connectivity index (χ0v) is 11.4. The van der Waals surface area contributed by atoms with Gasteiger partial charge in [-0.15, -0.1) is 0 Å². The van der Waals surface area contributed by atoms with Crippen molar-refractivity contribution >= 4 is 11.9 Å². The van der Waals surface area contributed by atoms with Crippen molar-refractivity contribution in [1.29, 1.82) is 0 Å². The molecule has 4 nitrogen and oxygen atoms in total. The van der Waals surface area contributed by atoms with Gasteiger partial charge in [0.2, 0.25) is 5.91 Å². The van der Waals surface area contributed by atoms with E-state index in [0.717, 1.165) is 6.42 Å². The van der Waals surface area contributed by atoms with Crippen molar-refractivity contribution in [3.63, 3.8) is 0 Å². The Kier molecular flexibility index (Phi) is 8.46. The number of hydrogen-bond donors (Lipinski definition) is 1. The molecule has 0 fully saturated rings. The molecule has 0 aromatic rings. The third-order valence-corrected chi connectivity index (χ3v) is 2.38. The molecule has 0 saturated carbocycles. The zero-order valence-electron chi connectivity index (χ0n) is 11.4. The first-order chi connectivity index (χ1) is 7.95. The Morgan fingerprint density at radius 3 is 2.35 bits per heavy atom. The van der Waals surface area contributed by atoms with E-state index in [-0.39, 0.29) is 24.7 Å². The first-order valence-corrected chi connectivity index (χ1v) is 6.38. The third kappa shape index (κ3) is 9.85. The summed E-state index contributed by atoms with van der Waals surface area (Å²) in [7, 11) is 0. The Morgan fingerprint density at radius 2 is 1.82 bits per heavy atom. The molecule has 0 rings (SSSR count). The van der Waals surface area contributed by atoms with Gasteiger partial charge in [-0.25, -0.2) is 0 Å². The van der Waals surface area contributed by atoms with Crippen molar-refractivity contribution in [2.24, 2.45) is 11.8 Å². The molecule has 0 aliphatic carbocycles. The highest BCUT2D eigenvalue weighted by atomic mass is 16.5. The maximum atomic E-state index is 11.4. The lowest BCUT2D eigenvalue weighted by Gasteiger charge is -2.14. The quantitative estimate of drug-likeness (QED) is 0.664. The van der Waals surface area contributed by atoms with Gasteiger partial charge in [-0.05, 0) is 25.2 Å². The lowest BCUT2D eigenvalue weighted by molar-refractivity contribution is -0.144. The zero-order chi connectivity index (χ0) is 13.3. The maximum Gasteiger partial charge on any atom is 0.306 e. The lowest BCUT2D eigenvalue weighted by Crippen LogP contribution is -2.29. The van der Waals surface area contributed by atoms with Crippen LogP contribution in [0.25, 0.3) is 0 Å². The topological polar surface area (TPSA) is 55.4 Å². The van der Waals surface area contributed by atoms with Gasteiger partial charge >= 0.3 is 5.97 Å². The van der Waals surface area contributed by atoms with Crippen LogP contribution >= 0.6 is 0 Å². The molecule has 1 unspecified atom stereocenters. The van der Waals surface area contributed by atoms with Crippen LogP contribution in [0.3, 0.4) is 0 Å². The van der Waals surface area contributed by atoms with Crippen molar-refractivity contribution in [2.75, 3.05) is 13.2 Å². The molecule has 4 heteroatoms. The molecule has 0 aliphatic rings. The summed E-state index contributed by atoms with van der Waals surface area (Å²) in [6.45, 7) is 9.25. The Hall–Kier alpha value is -1.06. The van der Waals surface area contributed by atoms with E-state index in [9.17, 15) is 9.59 Å². The number of ether oxygens (including phenoxy) is 1. The number of carbonyl (C=O) groups is 2. The van der Waals surface area contributed by atoms with Crippen LogP contribution < -0.4 is 5.32 Å². The molecular weight excluding hydrogens is 218 g/mol. The predicted molar refractivity (Wildman–Crippen MR) is 67.5 cm³/mol. The van der Waals surface area contributed by atoms with E-state index < -0.39 is 0 Å². The number of hydrogen-bond acceptors (Lipinski definition) is 3. The number of nitrogens with one attached hydrogen (secondary N) is 1. The van der Waals surface area contributed by atoms with E-state index in [1.165, 1.54) is 0 Å². The molecular formula is C13H25NO3. The monoisotopic (exact) mass is 243 g/mol. The Balaban J connectivity index is 3.62. The van der Waals surface area contributed by atoms with Crippen LogP contribution in [0.4, 0.5) is 0 Å². The van der Waals surface area contributed by atoms with E-state index in [4.69, 9.17) is 4.74 Å². The fraction of sp³-hybridized carbons (Fsp3) is 0.846. The highest BCUT2D eigenvalue weighted by Crippen LogP contribution is 2.09. The van der Waals surface area contributed by atoms with Gasteiger partial charge in [0.1, 0.15) is 0 Å². The van der Waals surface area contributed by atoms with Crippen LogP contribution in [0, 0.1) is 11.8 Å². The number of amides is 1. The van der Waals surface area contributed by atoms with Crippen LogP contribution in [0.2, 0.25) is 0 Å². The second-order valence-corrected chi connectivity index (χ2v) is 4.84. The van der Waals surface area contributed by atoms with Gasteiger partial charge in [0, 0.05) is 13.0 Å². The normalized spacial score (nSPS) is 12.3. The summed E-state index contributed by atoms with van der Waals surface area (Å²) in [6.07, 6.45) is 1.48. The smallest absolute Gasteiger partial charge is 0.306 e. The predicted octanol–water partition coefficient (Wildman–Crippen LogP) is 2.13. The summed E-state index contributed by atoms with van der Waals surface area (Å²) in [5.74, 6) is 0.731. The molecule has 1 N–H and O–H groups in total. The van der Waals surface area contributed by atoms with Gasteiger partial charge in [0.15, 0.2) is 0 Å². The summed E-state index contributed by atoms with van der Waals surface area (Å²) in [6, 6.07) is 0. The van der Waals surface area contributed by atoms with Gasteiger partial charge < -0.3 is 10.1 Å². The molecule has 0 heterocycles. The summed E-state index contributed by atoms with van der Waals surface area (Å²) in [4.78, 5) is 22.5. The van der Waals surface area contributed by atoms with Crippen molar-refractivity contribution < 1.29 is 14.3 Å². The summed E-state index contributed by atoms with van der Waals surface area (Å²) >= 11 is 0. The SMILES string of the molecule is CCOC(=O)CCC(=O)NCC(C)CC(C)C. The molecule has 0 radical (unpaired) electrons. The average Bonchev–Trinajstić information content (AvgIpc) is 2.23. The van der Waals surface area contributed by atoms with Crippen LogP contribution in [-0.2, 0) is 14.3 Å². The second kappa shape index (κ2) is 9.02. The Labute approximate surface area is 104 Å². The van der Waals surface area contributed by atoms with Crippen molar-refractivity contribution in [3.05, 3.63) is 0 Å². The highest BCUT2D eigenvalue weighted by molar-refractivity contribution is 5.81. The first kappa shape index (κ1) is 15.9. The first-order valence-electron chi connectivity index (χ1n) is 6.38. The molecule has 1 atom stereocenters. The number of rotatable bonds is 8. The van der Waals surface area contributed by atoms with Crippen molar-refractivity contribution in [2.45, 2.75) is 47.0 Å². The summed E-state index contributed by atoms with van der Waals surface area (Å²) < 4.78 is 4.75. The molecule has 0 aliphatic heterocycles. The van der Waals surface area contributed by atoms with Gasteiger partial charge in [0.25, 0.3) is 0 Å². The summed E-state index contributed by atoms with van der Waals surface area (Å²) in [5, 5.41) is 2.84. The molecule has 100 valence electrons. The minimum atomic E-state index is -0.308. The fourth-order valence-electron chi connectivity index (χ4n) is 1.71. The van der Waals surface area contributed by atoms with Crippen molar-refractivity contribution in [3.8, 4) is 0 Å². The van der Waals surface area contributed by atoms with Gasteiger partial charge in [-0.3, -0.25) is 9.59 Å². The minimum absolute atomic E-state index is 0.0753. The lowest BCUT2D eigenvalue weighted by atomic mass is 9.99. The number of esters is 1. The Morgan fingerprint density at radius 1 is 1.18 bits per heavy atom. The third-order valence-electron chi connectivity index (χ3n) is 2.38. The molecule has 0 saturated heterocycles. The van der Waals surface area contributed by atoms with E-state index >= 15 is 0 Å². The van der Waals surface area contributed by atoms with Gasteiger partial charge in [-0.1, -0.05) is 20.8 Å². The molecule has 0 bridgehead atoms. The molecule has 1 amide bonds. The fourth-order valence-corrected chi connectivity index (χ4v) is 1.71. The van der Waals surface area contributed by atoms with E-state index in [1.807, 2.05) is 0 Å². The average molecular weight is 243 g/mol. The Bertz CT molecular complexity index is 239. The molecule has 0 aromatic heterocycles. The van der Waals surface area contributed by atoms with Crippen LogP contribution in [0.1, 0.15) is 47.0 Å². The van der Waals surface area contributed by atoms with Gasteiger partial charge in [0.05, 0.1) is 13.0 Å². The van der Waals surface area contributed by atoms with Gasteiger partial charge in [-0.2, -0.15) is 0 Å². The number of carbonyl (C=O) groups excluding carboxylic acids is 2. The largest absolute Gasteiger partial charge is 0.466 e. The van der Waals surface area contributed by atoms with E-state index in [1.54, 1.807) is 6.92 Å². The van der Waals surface area contributed by atoms with Crippen LogP contribution in [-0.4, -0.2) is 25.0 Å². The second-order valence-electron chi connectivity index (χ2n) is 4.84. The summed E-state index contributed by atoms with van der Waals surface area (Å²) in [5.41, 5.74) is 0. The van der Waals surface area contributed by atoms with Crippen LogP contribution in [0.15, 0.2) is 0 Å². The van der Waals surface area contributed by atoms with Crippen LogP contribution in [0.5, 0.6) is 0 Å². The molecule has 17 heavy (non-hydrogen) atoms. The maximum absolute atomic E-state index is 11.4. The molecule has 0 spiro atoms. The van der Waals surface area contributed by atoms with E-state index in [0.29, 0.717) is 25.0 Å². The highest BCUT2D eigenvalue weighted by Gasteiger charge is 2.09. The van der Waals surface area contributed by atoms with Crippen molar-refractivity contribution in [1.82, 2.24) is 5.32 Å².